The third-order valence-corrected chi connectivity index (χ3v) is 3.40. The van der Waals surface area contributed by atoms with Crippen LogP contribution >= 0.6 is 11.6 Å². The van der Waals surface area contributed by atoms with Gasteiger partial charge in [0.05, 0.1) is 5.56 Å². The highest BCUT2D eigenvalue weighted by atomic mass is 35.5. The molecule has 2 aromatic carbocycles. The van der Waals surface area contributed by atoms with E-state index in [0.717, 1.165) is 11.1 Å². The Kier molecular flexibility index (Phi) is 5.55. The molecule has 0 saturated heterocycles. The van der Waals surface area contributed by atoms with Crippen LogP contribution in [0.25, 0.3) is 0 Å². The number of benzene rings is 2. The molecule has 0 spiro atoms. The summed E-state index contributed by atoms with van der Waals surface area (Å²) in [4.78, 5) is 23.5. The summed E-state index contributed by atoms with van der Waals surface area (Å²) in [6.07, 6.45) is 0. The molecule has 0 aliphatic heterocycles. The van der Waals surface area contributed by atoms with Gasteiger partial charge in [0, 0.05) is 11.6 Å². The molecule has 0 aromatic heterocycles. The van der Waals surface area contributed by atoms with Crippen molar-refractivity contribution in [3.8, 4) is 0 Å². The molecule has 0 bridgehead atoms. The van der Waals surface area contributed by atoms with E-state index >= 15 is 0 Å². The lowest BCUT2D eigenvalue weighted by atomic mass is 10.1. The van der Waals surface area contributed by atoms with Crippen LogP contribution in [-0.2, 0) is 16.1 Å². The van der Waals surface area contributed by atoms with Crippen molar-refractivity contribution in [1.29, 1.82) is 0 Å². The molecule has 22 heavy (non-hydrogen) atoms. The van der Waals surface area contributed by atoms with Crippen LogP contribution in [0.5, 0.6) is 0 Å². The first kappa shape index (κ1) is 16.0. The molecule has 0 unspecified atom stereocenters. The van der Waals surface area contributed by atoms with Gasteiger partial charge in [-0.1, -0.05) is 35.9 Å². The molecule has 2 aromatic rings. The van der Waals surface area contributed by atoms with Crippen molar-refractivity contribution < 1.29 is 14.3 Å². The van der Waals surface area contributed by atoms with Crippen molar-refractivity contribution in [2.24, 2.45) is 0 Å². The number of aryl methyl sites for hydroxylation is 1. The lowest BCUT2D eigenvalue weighted by Crippen LogP contribution is -2.28. The van der Waals surface area contributed by atoms with E-state index in [4.69, 9.17) is 16.3 Å². The first-order chi connectivity index (χ1) is 10.6. The Morgan fingerprint density at radius 2 is 1.77 bits per heavy atom. The predicted octanol–water partition coefficient (Wildman–Crippen LogP) is 3.12. The van der Waals surface area contributed by atoms with Gasteiger partial charge in [0.1, 0.15) is 0 Å². The highest BCUT2D eigenvalue weighted by Gasteiger charge is 2.10. The van der Waals surface area contributed by atoms with Gasteiger partial charge in [0.2, 0.25) is 0 Å². The molecule has 0 radical (unpaired) electrons. The Morgan fingerprint density at radius 3 is 2.45 bits per heavy atom. The second kappa shape index (κ2) is 7.61. The van der Waals surface area contributed by atoms with E-state index in [0.29, 0.717) is 17.1 Å². The summed E-state index contributed by atoms with van der Waals surface area (Å²) in [6, 6.07) is 14.1. The second-order valence-electron chi connectivity index (χ2n) is 4.79. The van der Waals surface area contributed by atoms with Gasteiger partial charge in [0.15, 0.2) is 6.61 Å². The lowest BCUT2D eigenvalue weighted by Gasteiger charge is -2.08. The van der Waals surface area contributed by atoms with E-state index in [1.54, 1.807) is 24.3 Å². The number of ether oxygens (including phenoxy) is 1. The van der Waals surface area contributed by atoms with Crippen molar-refractivity contribution in [2.45, 2.75) is 13.5 Å². The van der Waals surface area contributed by atoms with Crippen LogP contribution in [-0.4, -0.2) is 18.5 Å². The quantitative estimate of drug-likeness (QED) is 0.862. The first-order valence-electron chi connectivity index (χ1n) is 6.80. The predicted molar refractivity (Wildman–Crippen MR) is 84.8 cm³/mol. The topological polar surface area (TPSA) is 55.4 Å². The van der Waals surface area contributed by atoms with Crippen LogP contribution in [0.15, 0.2) is 48.5 Å². The van der Waals surface area contributed by atoms with Crippen LogP contribution in [0.1, 0.15) is 21.5 Å². The minimum absolute atomic E-state index is 0.312. The zero-order valence-electron chi connectivity index (χ0n) is 12.1. The van der Waals surface area contributed by atoms with Crippen molar-refractivity contribution in [3.63, 3.8) is 0 Å². The molecule has 0 aliphatic carbocycles. The fourth-order valence-corrected chi connectivity index (χ4v) is 1.98. The fraction of sp³-hybridized carbons (Fsp3) is 0.176. The maximum Gasteiger partial charge on any atom is 0.338 e. The van der Waals surface area contributed by atoms with Gasteiger partial charge >= 0.3 is 5.97 Å². The highest BCUT2D eigenvalue weighted by Crippen LogP contribution is 2.10. The molecular formula is C17H16ClNO3. The van der Waals surface area contributed by atoms with E-state index in [9.17, 15) is 9.59 Å². The summed E-state index contributed by atoms with van der Waals surface area (Å²) in [5.41, 5.74) is 2.48. The molecule has 5 heteroatoms. The van der Waals surface area contributed by atoms with Crippen LogP contribution in [0.4, 0.5) is 0 Å². The summed E-state index contributed by atoms with van der Waals surface area (Å²) < 4.78 is 4.95. The summed E-state index contributed by atoms with van der Waals surface area (Å²) in [6.45, 7) is 2.07. The largest absolute Gasteiger partial charge is 0.452 e. The standard InChI is InChI=1S/C17H16ClNO3/c1-12-4-2-3-5-14(12)10-19-16(20)11-22-17(21)13-6-8-15(18)9-7-13/h2-9H,10-11H2,1H3,(H,19,20). The molecule has 114 valence electrons. The molecule has 1 amide bonds. The second-order valence-corrected chi connectivity index (χ2v) is 5.22. The number of halogens is 1. The summed E-state index contributed by atoms with van der Waals surface area (Å²) in [5.74, 6) is -0.895. The highest BCUT2D eigenvalue weighted by molar-refractivity contribution is 6.30. The van der Waals surface area contributed by atoms with Gasteiger partial charge < -0.3 is 10.1 Å². The Bertz CT molecular complexity index is 668. The van der Waals surface area contributed by atoms with Gasteiger partial charge in [-0.2, -0.15) is 0 Å². The van der Waals surface area contributed by atoms with E-state index in [-0.39, 0.29) is 12.5 Å². The summed E-state index contributed by atoms with van der Waals surface area (Å²) in [5, 5.41) is 3.25. The Balaban J connectivity index is 1.79. The van der Waals surface area contributed by atoms with Crippen molar-refractivity contribution in [2.75, 3.05) is 6.61 Å². The van der Waals surface area contributed by atoms with Crippen LogP contribution in [0, 0.1) is 6.92 Å². The lowest BCUT2D eigenvalue weighted by molar-refractivity contribution is -0.124. The maximum atomic E-state index is 11.7. The van der Waals surface area contributed by atoms with Crippen molar-refractivity contribution >= 4 is 23.5 Å². The minimum atomic E-state index is -0.553. The summed E-state index contributed by atoms with van der Waals surface area (Å²) >= 11 is 5.74. The molecular weight excluding hydrogens is 302 g/mol. The fourth-order valence-electron chi connectivity index (χ4n) is 1.85. The van der Waals surface area contributed by atoms with Crippen LogP contribution in [0.3, 0.4) is 0 Å². The van der Waals surface area contributed by atoms with Crippen molar-refractivity contribution in [3.05, 3.63) is 70.2 Å². The average molecular weight is 318 g/mol. The first-order valence-corrected chi connectivity index (χ1v) is 7.18. The Hall–Kier alpha value is -2.33. The molecule has 0 saturated carbocycles. The number of hydrogen-bond donors (Lipinski definition) is 1. The van der Waals surface area contributed by atoms with E-state index in [1.165, 1.54) is 0 Å². The molecule has 1 N–H and O–H groups in total. The third-order valence-electron chi connectivity index (χ3n) is 3.15. The Labute approximate surface area is 134 Å². The molecule has 4 nitrogen and oxygen atoms in total. The SMILES string of the molecule is Cc1ccccc1CNC(=O)COC(=O)c1ccc(Cl)cc1. The monoisotopic (exact) mass is 317 g/mol. The van der Waals surface area contributed by atoms with E-state index < -0.39 is 5.97 Å². The smallest absolute Gasteiger partial charge is 0.338 e. The zero-order chi connectivity index (χ0) is 15.9. The van der Waals surface area contributed by atoms with Gasteiger partial charge in [0.25, 0.3) is 5.91 Å². The maximum absolute atomic E-state index is 11.7. The molecule has 0 atom stereocenters. The number of esters is 1. The zero-order valence-corrected chi connectivity index (χ0v) is 12.9. The number of carbonyl (C=O) groups is 2. The average Bonchev–Trinajstić information content (AvgIpc) is 2.52. The Morgan fingerprint density at radius 1 is 1.09 bits per heavy atom. The van der Waals surface area contributed by atoms with Crippen LogP contribution in [0.2, 0.25) is 5.02 Å². The van der Waals surface area contributed by atoms with Gasteiger partial charge in [-0.3, -0.25) is 4.79 Å². The third kappa shape index (κ3) is 4.60. The summed E-state index contributed by atoms with van der Waals surface area (Å²) in [7, 11) is 0. The molecule has 0 fully saturated rings. The minimum Gasteiger partial charge on any atom is -0.452 e. The number of hydrogen-bond acceptors (Lipinski definition) is 3. The van der Waals surface area contributed by atoms with Gasteiger partial charge in [-0.05, 0) is 42.3 Å². The van der Waals surface area contributed by atoms with Gasteiger partial charge in [-0.15, -0.1) is 0 Å². The molecule has 0 heterocycles. The molecule has 0 aliphatic rings. The normalized spacial score (nSPS) is 10.1. The van der Waals surface area contributed by atoms with E-state index in [1.807, 2.05) is 31.2 Å². The van der Waals surface area contributed by atoms with E-state index in [2.05, 4.69) is 5.32 Å². The molecule has 2 rings (SSSR count). The van der Waals surface area contributed by atoms with Crippen molar-refractivity contribution in [1.82, 2.24) is 5.32 Å². The number of rotatable bonds is 5. The van der Waals surface area contributed by atoms with Gasteiger partial charge in [-0.25, -0.2) is 4.79 Å². The number of carbonyl (C=O) groups excluding carboxylic acids is 2. The number of amides is 1. The van der Waals surface area contributed by atoms with Crippen LogP contribution < -0.4 is 5.32 Å². The number of nitrogens with one attached hydrogen (secondary N) is 1.